The molecular formula is C18H23N5O. The first kappa shape index (κ1) is 16.4. The predicted molar refractivity (Wildman–Crippen MR) is 92.6 cm³/mol. The number of amides is 1. The predicted octanol–water partition coefficient (Wildman–Crippen LogP) is 2.94. The molecule has 0 atom stereocenters. The second-order valence-corrected chi connectivity index (χ2v) is 6.14. The number of rotatable bonds is 5. The third-order valence-electron chi connectivity index (χ3n) is 4.25. The number of nitrogens with zero attached hydrogens (tertiary/aromatic N) is 3. The molecule has 1 fully saturated rings. The number of carbonyl (C=O) groups excluding carboxylic acids is 1. The molecule has 2 aromatic rings. The lowest BCUT2D eigenvalue weighted by Gasteiger charge is -2.16. The molecule has 1 saturated carbocycles. The van der Waals surface area contributed by atoms with Crippen LogP contribution in [0.2, 0.25) is 0 Å². The molecule has 24 heavy (non-hydrogen) atoms. The zero-order chi connectivity index (χ0) is 16.6. The van der Waals surface area contributed by atoms with E-state index in [1.807, 2.05) is 12.1 Å². The average molecular weight is 325 g/mol. The van der Waals surface area contributed by atoms with Gasteiger partial charge in [0.15, 0.2) is 0 Å². The highest BCUT2D eigenvalue weighted by atomic mass is 16.1. The largest absolute Gasteiger partial charge is 0.350 e. The quantitative estimate of drug-likeness (QED) is 0.826. The molecule has 0 spiro atoms. The molecule has 0 bridgehead atoms. The first-order valence-electron chi connectivity index (χ1n) is 8.58. The summed E-state index contributed by atoms with van der Waals surface area (Å²) in [5.74, 6) is 0.334. The number of nitrogens with one attached hydrogen (secondary N) is 2. The number of carbonyl (C=O) groups is 1. The van der Waals surface area contributed by atoms with Crippen molar-refractivity contribution in [3.05, 3.63) is 48.0 Å². The summed E-state index contributed by atoms with van der Waals surface area (Å²) in [6, 6.07) is 5.78. The van der Waals surface area contributed by atoms with Crippen LogP contribution in [-0.4, -0.2) is 26.9 Å². The Morgan fingerprint density at radius 2 is 1.96 bits per heavy atom. The summed E-state index contributed by atoms with van der Waals surface area (Å²) in [7, 11) is 0. The molecule has 0 aliphatic heterocycles. The Morgan fingerprint density at radius 3 is 2.71 bits per heavy atom. The molecule has 0 saturated heterocycles. The zero-order valence-corrected chi connectivity index (χ0v) is 13.7. The van der Waals surface area contributed by atoms with Crippen LogP contribution in [0.15, 0.2) is 36.8 Å². The number of anilines is 1. The van der Waals surface area contributed by atoms with Crippen molar-refractivity contribution < 1.29 is 4.79 Å². The second kappa shape index (κ2) is 8.38. The van der Waals surface area contributed by atoms with Crippen molar-refractivity contribution >= 4 is 11.9 Å². The van der Waals surface area contributed by atoms with E-state index in [-0.39, 0.29) is 11.9 Å². The molecule has 3 rings (SSSR count). The van der Waals surface area contributed by atoms with E-state index in [9.17, 15) is 4.79 Å². The van der Waals surface area contributed by atoms with E-state index in [0.29, 0.717) is 18.2 Å². The molecule has 2 heterocycles. The van der Waals surface area contributed by atoms with Gasteiger partial charge in [-0.25, -0.2) is 9.97 Å². The van der Waals surface area contributed by atoms with Gasteiger partial charge in [0, 0.05) is 31.2 Å². The third-order valence-corrected chi connectivity index (χ3v) is 4.25. The number of hydrogen-bond donors (Lipinski definition) is 2. The fourth-order valence-electron chi connectivity index (χ4n) is 2.94. The minimum atomic E-state index is -0.117. The van der Waals surface area contributed by atoms with Crippen LogP contribution in [0.5, 0.6) is 0 Å². The van der Waals surface area contributed by atoms with Gasteiger partial charge in [0.25, 0.3) is 5.91 Å². The van der Waals surface area contributed by atoms with Crippen molar-refractivity contribution in [2.75, 3.05) is 5.32 Å². The van der Waals surface area contributed by atoms with Crippen molar-refractivity contribution in [1.29, 1.82) is 0 Å². The van der Waals surface area contributed by atoms with Crippen molar-refractivity contribution in [3.8, 4) is 0 Å². The van der Waals surface area contributed by atoms with Gasteiger partial charge in [-0.05, 0) is 30.5 Å². The van der Waals surface area contributed by atoms with Gasteiger partial charge in [-0.2, -0.15) is 0 Å². The average Bonchev–Trinajstić information content (AvgIpc) is 2.90. The van der Waals surface area contributed by atoms with Crippen LogP contribution in [0.4, 0.5) is 5.95 Å². The minimum absolute atomic E-state index is 0.117. The van der Waals surface area contributed by atoms with E-state index in [2.05, 4.69) is 25.6 Å². The smallest absolute Gasteiger partial charge is 0.270 e. The number of pyridine rings is 1. The van der Waals surface area contributed by atoms with Crippen molar-refractivity contribution in [3.63, 3.8) is 0 Å². The Balaban J connectivity index is 1.58. The maximum atomic E-state index is 12.4. The van der Waals surface area contributed by atoms with Crippen LogP contribution >= 0.6 is 0 Å². The highest BCUT2D eigenvalue weighted by Crippen LogP contribution is 2.17. The topological polar surface area (TPSA) is 79.8 Å². The monoisotopic (exact) mass is 325 g/mol. The van der Waals surface area contributed by atoms with Gasteiger partial charge >= 0.3 is 0 Å². The Bertz CT molecular complexity index is 653. The molecule has 6 nitrogen and oxygen atoms in total. The first-order valence-corrected chi connectivity index (χ1v) is 8.58. The lowest BCUT2D eigenvalue weighted by atomic mass is 10.1. The molecule has 1 aliphatic rings. The van der Waals surface area contributed by atoms with Gasteiger partial charge in [-0.1, -0.05) is 31.7 Å². The summed E-state index contributed by atoms with van der Waals surface area (Å²) in [5.41, 5.74) is 1.44. The molecular weight excluding hydrogens is 302 g/mol. The maximum Gasteiger partial charge on any atom is 0.270 e. The fraction of sp³-hybridized carbons (Fsp3) is 0.444. The van der Waals surface area contributed by atoms with Crippen LogP contribution < -0.4 is 10.6 Å². The van der Waals surface area contributed by atoms with E-state index in [0.717, 1.165) is 18.4 Å². The summed E-state index contributed by atoms with van der Waals surface area (Å²) in [6.45, 7) is 0.571. The SMILES string of the molecule is O=C(NC1CCCCCC1)c1ccnc(NCc2cccnc2)n1. The van der Waals surface area contributed by atoms with Gasteiger partial charge in [-0.3, -0.25) is 9.78 Å². The van der Waals surface area contributed by atoms with E-state index >= 15 is 0 Å². The van der Waals surface area contributed by atoms with Crippen LogP contribution in [0.1, 0.15) is 54.6 Å². The van der Waals surface area contributed by atoms with Gasteiger partial charge in [0.05, 0.1) is 0 Å². The Kier molecular flexibility index (Phi) is 5.71. The standard InChI is InChI=1S/C18H23N5O/c24-17(22-15-7-3-1-2-4-8-15)16-9-11-20-18(23-16)21-13-14-6-5-10-19-12-14/h5-6,9-12,15H,1-4,7-8,13H2,(H,22,24)(H,20,21,23). The lowest BCUT2D eigenvalue weighted by Crippen LogP contribution is -2.35. The molecule has 0 unspecified atom stereocenters. The first-order chi connectivity index (χ1) is 11.8. The van der Waals surface area contributed by atoms with Crippen molar-refractivity contribution in [1.82, 2.24) is 20.3 Å². The molecule has 0 radical (unpaired) electrons. The second-order valence-electron chi connectivity index (χ2n) is 6.14. The van der Waals surface area contributed by atoms with E-state index < -0.39 is 0 Å². The normalized spacial score (nSPS) is 15.5. The molecule has 6 heteroatoms. The summed E-state index contributed by atoms with van der Waals surface area (Å²) in [4.78, 5) is 25.0. The van der Waals surface area contributed by atoms with Crippen molar-refractivity contribution in [2.24, 2.45) is 0 Å². The van der Waals surface area contributed by atoms with Crippen molar-refractivity contribution in [2.45, 2.75) is 51.1 Å². The van der Waals surface area contributed by atoms with E-state index in [1.54, 1.807) is 24.7 Å². The Hall–Kier alpha value is -2.50. The molecule has 2 N–H and O–H groups in total. The minimum Gasteiger partial charge on any atom is -0.350 e. The van der Waals surface area contributed by atoms with Gasteiger partial charge in [-0.15, -0.1) is 0 Å². The van der Waals surface area contributed by atoms with Crippen LogP contribution in [0.3, 0.4) is 0 Å². The summed E-state index contributed by atoms with van der Waals surface area (Å²) in [5, 5.41) is 6.24. The zero-order valence-electron chi connectivity index (χ0n) is 13.7. The van der Waals surface area contributed by atoms with E-state index in [1.165, 1.54) is 25.7 Å². The summed E-state index contributed by atoms with van der Waals surface area (Å²) < 4.78 is 0. The summed E-state index contributed by atoms with van der Waals surface area (Å²) in [6.07, 6.45) is 12.2. The number of aromatic nitrogens is 3. The molecule has 0 aromatic carbocycles. The molecule has 126 valence electrons. The Labute approximate surface area is 142 Å². The summed E-state index contributed by atoms with van der Waals surface area (Å²) >= 11 is 0. The maximum absolute atomic E-state index is 12.4. The van der Waals surface area contributed by atoms with Gasteiger partial charge in [0.1, 0.15) is 5.69 Å². The van der Waals surface area contributed by atoms with Crippen LogP contribution in [0.25, 0.3) is 0 Å². The van der Waals surface area contributed by atoms with Crippen LogP contribution in [0, 0.1) is 0 Å². The lowest BCUT2D eigenvalue weighted by molar-refractivity contribution is 0.0928. The van der Waals surface area contributed by atoms with Gasteiger partial charge in [0.2, 0.25) is 5.95 Å². The third kappa shape index (κ3) is 4.75. The Morgan fingerprint density at radius 1 is 1.12 bits per heavy atom. The highest BCUT2D eigenvalue weighted by molar-refractivity contribution is 5.92. The number of hydrogen-bond acceptors (Lipinski definition) is 5. The van der Waals surface area contributed by atoms with E-state index in [4.69, 9.17) is 0 Å². The molecule has 1 aliphatic carbocycles. The van der Waals surface area contributed by atoms with Crippen LogP contribution in [-0.2, 0) is 6.54 Å². The molecule has 1 amide bonds. The van der Waals surface area contributed by atoms with Gasteiger partial charge < -0.3 is 10.6 Å². The highest BCUT2D eigenvalue weighted by Gasteiger charge is 2.16. The molecule has 2 aromatic heterocycles. The fourth-order valence-corrected chi connectivity index (χ4v) is 2.94.